The summed E-state index contributed by atoms with van der Waals surface area (Å²) < 4.78 is 1.76. The summed E-state index contributed by atoms with van der Waals surface area (Å²) in [5, 5.41) is 1.43. The third-order valence-corrected chi connectivity index (χ3v) is 4.92. The lowest BCUT2D eigenvalue weighted by Crippen LogP contribution is -2.22. The van der Waals surface area contributed by atoms with Crippen LogP contribution in [0.5, 0.6) is 0 Å². The fraction of sp³-hybridized carbons (Fsp3) is 0.263. The van der Waals surface area contributed by atoms with Gasteiger partial charge in [-0.3, -0.25) is 9.36 Å². The first-order valence-corrected chi connectivity index (χ1v) is 8.82. The van der Waals surface area contributed by atoms with Gasteiger partial charge in [-0.15, -0.1) is 0 Å². The molecule has 3 aromatic rings. The molecular formula is C19H20N2OS. The standard InChI is InChI=1S/C19H20N2OS/c1-4-11-23-19-20-16-8-6-5-7-15(16)18(22)21(19)17-10-9-13(2)12-14(17)3/h5-10,12H,4,11H2,1-3H3. The Balaban J connectivity index is 2.32. The lowest BCUT2D eigenvalue weighted by Gasteiger charge is -2.15. The second-order valence-corrected chi connectivity index (χ2v) is 6.75. The van der Waals surface area contributed by atoms with Crippen LogP contribution in [0.1, 0.15) is 24.5 Å². The van der Waals surface area contributed by atoms with E-state index in [2.05, 4.69) is 19.9 Å². The number of rotatable bonds is 4. The molecule has 0 aliphatic carbocycles. The Morgan fingerprint density at radius 1 is 1.13 bits per heavy atom. The molecule has 0 amide bonds. The number of para-hydroxylation sites is 1. The lowest BCUT2D eigenvalue weighted by atomic mass is 10.1. The molecule has 0 saturated carbocycles. The maximum atomic E-state index is 13.1. The van der Waals surface area contributed by atoms with E-state index in [-0.39, 0.29) is 5.56 Å². The molecule has 0 spiro atoms. The summed E-state index contributed by atoms with van der Waals surface area (Å²) in [6.07, 6.45) is 1.04. The first-order valence-electron chi connectivity index (χ1n) is 7.84. The minimum absolute atomic E-state index is 0.00107. The van der Waals surface area contributed by atoms with Crippen molar-refractivity contribution >= 4 is 22.7 Å². The van der Waals surface area contributed by atoms with Crippen molar-refractivity contribution in [1.82, 2.24) is 9.55 Å². The van der Waals surface area contributed by atoms with Gasteiger partial charge in [0.25, 0.3) is 5.56 Å². The Morgan fingerprint density at radius 3 is 2.65 bits per heavy atom. The van der Waals surface area contributed by atoms with Crippen LogP contribution in [0.2, 0.25) is 0 Å². The van der Waals surface area contributed by atoms with Crippen molar-refractivity contribution in [3.05, 3.63) is 63.9 Å². The summed E-state index contributed by atoms with van der Waals surface area (Å²) in [6, 6.07) is 13.7. The molecule has 23 heavy (non-hydrogen) atoms. The van der Waals surface area contributed by atoms with Crippen LogP contribution >= 0.6 is 11.8 Å². The van der Waals surface area contributed by atoms with E-state index in [0.29, 0.717) is 5.39 Å². The Bertz CT molecular complexity index is 915. The summed E-state index contributed by atoms with van der Waals surface area (Å²) in [4.78, 5) is 17.8. The number of fused-ring (bicyclic) bond motifs is 1. The number of aromatic nitrogens is 2. The van der Waals surface area contributed by atoms with Gasteiger partial charge < -0.3 is 0 Å². The molecule has 0 atom stereocenters. The van der Waals surface area contributed by atoms with E-state index >= 15 is 0 Å². The third-order valence-electron chi connectivity index (χ3n) is 3.77. The van der Waals surface area contributed by atoms with Crippen LogP contribution in [0.4, 0.5) is 0 Å². The first kappa shape index (κ1) is 15.8. The molecule has 0 fully saturated rings. The average Bonchev–Trinajstić information content (AvgIpc) is 2.54. The highest BCUT2D eigenvalue weighted by molar-refractivity contribution is 7.99. The van der Waals surface area contributed by atoms with Gasteiger partial charge in [-0.2, -0.15) is 0 Å². The topological polar surface area (TPSA) is 34.9 Å². The zero-order chi connectivity index (χ0) is 16.4. The van der Waals surface area contributed by atoms with E-state index in [4.69, 9.17) is 4.98 Å². The molecular weight excluding hydrogens is 304 g/mol. The van der Waals surface area contributed by atoms with E-state index in [0.717, 1.165) is 34.1 Å². The smallest absolute Gasteiger partial charge is 0.266 e. The summed E-state index contributed by atoms with van der Waals surface area (Å²) in [6.45, 7) is 6.23. The molecule has 1 aromatic heterocycles. The van der Waals surface area contributed by atoms with Crippen LogP contribution in [0, 0.1) is 13.8 Å². The molecule has 0 N–H and O–H groups in total. The number of nitrogens with zero attached hydrogens (tertiary/aromatic N) is 2. The quantitative estimate of drug-likeness (QED) is 0.523. The van der Waals surface area contributed by atoms with Gasteiger partial charge in [-0.25, -0.2) is 4.98 Å². The van der Waals surface area contributed by atoms with E-state index in [1.807, 2.05) is 43.3 Å². The predicted molar refractivity (Wildman–Crippen MR) is 97.8 cm³/mol. The second-order valence-electron chi connectivity index (χ2n) is 5.69. The number of benzene rings is 2. The minimum atomic E-state index is 0.00107. The van der Waals surface area contributed by atoms with Crippen LogP contribution in [0.25, 0.3) is 16.6 Å². The third kappa shape index (κ3) is 3.04. The molecule has 3 nitrogen and oxygen atoms in total. The number of hydrogen-bond donors (Lipinski definition) is 0. The van der Waals surface area contributed by atoms with Crippen molar-refractivity contribution in [2.75, 3.05) is 5.75 Å². The normalized spacial score (nSPS) is 11.1. The molecule has 0 radical (unpaired) electrons. The van der Waals surface area contributed by atoms with Crippen molar-refractivity contribution in [3.63, 3.8) is 0 Å². The Morgan fingerprint density at radius 2 is 1.91 bits per heavy atom. The van der Waals surface area contributed by atoms with Crippen molar-refractivity contribution < 1.29 is 0 Å². The van der Waals surface area contributed by atoms with E-state index < -0.39 is 0 Å². The van der Waals surface area contributed by atoms with Gasteiger partial charge in [0.1, 0.15) is 0 Å². The summed E-state index contributed by atoms with van der Waals surface area (Å²) >= 11 is 1.64. The lowest BCUT2D eigenvalue weighted by molar-refractivity contribution is 0.813. The predicted octanol–water partition coefficient (Wildman–Crippen LogP) is 4.50. The molecule has 0 saturated heterocycles. The molecule has 0 aliphatic rings. The van der Waals surface area contributed by atoms with Crippen LogP contribution in [-0.2, 0) is 0 Å². The van der Waals surface area contributed by atoms with E-state index in [1.165, 1.54) is 5.56 Å². The zero-order valence-corrected chi connectivity index (χ0v) is 14.5. The average molecular weight is 324 g/mol. The van der Waals surface area contributed by atoms with Crippen molar-refractivity contribution in [3.8, 4) is 5.69 Å². The highest BCUT2D eigenvalue weighted by Gasteiger charge is 2.14. The van der Waals surface area contributed by atoms with Crippen molar-refractivity contribution in [2.24, 2.45) is 0 Å². The van der Waals surface area contributed by atoms with Gasteiger partial charge in [0.2, 0.25) is 0 Å². The SMILES string of the molecule is CCCSc1nc2ccccc2c(=O)n1-c1ccc(C)cc1C. The maximum absolute atomic E-state index is 13.1. The Labute approximate surface area is 140 Å². The number of thioether (sulfide) groups is 1. The maximum Gasteiger partial charge on any atom is 0.266 e. The Hall–Kier alpha value is -2.07. The fourth-order valence-electron chi connectivity index (χ4n) is 2.67. The summed E-state index contributed by atoms with van der Waals surface area (Å²) in [7, 11) is 0. The summed E-state index contributed by atoms with van der Waals surface area (Å²) in [5.74, 6) is 0.940. The van der Waals surface area contributed by atoms with Crippen LogP contribution < -0.4 is 5.56 Å². The molecule has 0 unspecified atom stereocenters. The van der Waals surface area contributed by atoms with Gasteiger partial charge in [0.15, 0.2) is 5.16 Å². The first-order chi connectivity index (χ1) is 11.1. The van der Waals surface area contributed by atoms with Gasteiger partial charge in [0, 0.05) is 5.75 Å². The minimum Gasteiger partial charge on any atom is -0.268 e. The van der Waals surface area contributed by atoms with Crippen LogP contribution in [-0.4, -0.2) is 15.3 Å². The van der Waals surface area contributed by atoms with E-state index in [9.17, 15) is 4.79 Å². The largest absolute Gasteiger partial charge is 0.268 e. The molecule has 3 rings (SSSR count). The van der Waals surface area contributed by atoms with Crippen LogP contribution in [0.15, 0.2) is 52.4 Å². The Kier molecular flexibility index (Phi) is 4.53. The molecule has 0 aliphatic heterocycles. The van der Waals surface area contributed by atoms with Gasteiger partial charge in [0.05, 0.1) is 16.6 Å². The molecule has 4 heteroatoms. The molecule has 118 valence electrons. The number of aryl methyl sites for hydroxylation is 2. The van der Waals surface area contributed by atoms with Gasteiger partial charge in [-0.1, -0.05) is 48.5 Å². The van der Waals surface area contributed by atoms with Crippen LogP contribution in [0.3, 0.4) is 0 Å². The van der Waals surface area contributed by atoms with Gasteiger partial charge >= 0.3 is 0 Å². The monoisotopic (exact) mass is 324 g/mol. The van der Waals surface area contributed by atoms with Gasteiger partial charge in [-0.05, 0) is 44.0 Å². The highest BCUT2D eigenvalue weighted by Crippen LogP contribution is 2.24. The molecule has 2 aromatic carbocycles. The second kappa shape index (κ2) is 6.59. The molecule has 1 heterocycles. The highest BCUT2D eigenvalue weighted by atomic mass is 32.2. The fourth-order valence-corrected chi connectivity index (χ4v) is 3.53. The number of hydrogen-bond acceptors (Lipinski definition) is 3. The summed E-state index contributed by atoms with van der Waals surface area (Å²) in [5.41, 5.74) is 3.95. The molecule has 0 bridgehead atoms. The zero-order valence-electron chi connectivity index (χ0n) is 13.7. The van der Waals surface area contributed by atoms with Crippen molar-refractivity contribution in [2.45, 2.75) is 32.3 Å². The van der Waals surface area contributed by atoms with E-state index in [1.54, 1.807) is 16.3 Å². The van der Waals surface area contributed by atoms with Crippen molar-refractivity contribution in [1.29, 1.82) is 0 Å².